The molecule has 1 atom stereocenters. The van der Waals surface area contributed by atoms with Gasteiger partial charge in [0.1, 0.15) is 5.75 Å². The van der Waals surface area contributed by atoms with E-state index in [1.54, 1.807) is 12.1 Å². The van der Waals surface area contributed by atoms with E-state index in [2.05, 4.69) is 5.32 Å². The topological polar surface area (TPSA) is 32.3 Å². The molecule has 1 heterocycles. The molecule has 0 aliphatic carbocycles. The fourth-order valence-corrected chi connectivity index (χ4v) is 2.96. The molecule has 82 valence electrons. The normalized spacial score (nSPS) is 20.7. The smallest absolute Gasteiger partial charge is 0.115 e. The third-order valence-corrected chi connectivity index (χ3v) is 3.97. The molecule has 3 heteroatoms. The van der Waals surface area contributed by atoms with Crippen molar-refractivity contribution in [3.63, 3.8) is 0 Å². The van der Waals surface area contributed by atoms with Gasteiger partial charge >= 0.3 is 0 Å². The third-order valence-electron chi connectivity index (χ3n) is 2.72. The minimum absolute atomic E-state index is 0.351. The van der Waals surface area contributed by atoms with Gasteiger partial charge in [0.2, 0.25) is 0 Å². The van der Waals surface area contributed by atoms with Crippen LogP contribution < -0.4 is 5.32 Å². The molecule has 1 aliphatic heterocycles. The number of hydrogen-bond acceptors (Lipinski definition) is 3. The van der Waals surface area contributed by atoms with Crippen molar-refractivity contribution in [2.24, 2.45) is 5.92 Å². The lowest BCUT2D eigenvalue weighted by molar-refractivity contribution is 0.475. The zero-order valence-electron chi connectivity index (χ0n) is 8.78. The number of phenolic OH excluding ortho intramolecular Hbond substituents is 1. The fraction of sp³-hybridized carbons (Fsp3) is 0.500. The van der Waals surface area contributed by atoms with Gasteiger partial charge in [0, 0.05) is 5.75 Å². The van der Waals surface area contributed by atoms with Crippen LogP contribution in [0, 0.1) is 5.92 Å². The highest BCUT2D eigenvalue weighted by atomic mass is 32.2. The largest absolute Gasteiger partial charge is 0.508 e. The standard InChI is InChI=1S/C12H17NOS/c14-12-3-1-10(2-4-12)8-15-9-11-5-6-13-7-11/h1-4,11,13-14H,5-9H2. The monoisotopic (exact) mass is 223 g/mol. The molecule has 0 aromatic heterocycles. The molecule has 15 heavy (non-hydrogen) atoms. The van der Waals surface area contributed by atoms with Gasteiger partial charge in [-0.15, -0.1) is 0 Å². The van der Waals surface area contributed by atoms with Crippen LogP contribution in [-0.2, 0) is 5.75 Å². The summed E-state index contributed by atoms with van der Waals surface area (Å²) in [5.41, 5.74) is 1.30. The van der Waals surface area contributed by atoms with Crippen LogP contribution in [0.3, 0.4) is 0 Å². The Morgan fingerprint density at radius 2 is 2.13 bits per heavy atom. The van der Waals surface area contributed by atoms with E-state index < -0.39 is 0 Å². The first kappa shape index (κ1) is 10.8. The molecule has 0 amide bonds. The molecular weight excluding hydrogens is 206 g/mol. The van der Waals surface area contributed by atoms with E-state index in [9.17, 15) is 0 Å². The number of rotatable bonds is 4. The van der Waals surface area contributed by atoms with Crippen LogP contribution >= 0.6 is 11.8 Å². The number of benzene rings is 1. The summed E-state index contributed by atoms with van der Waals surface area (Å²) in [5, 5.41) is 12.5. The number of nitrogens with one attached hydrogen (secondary N) is 1. The maximum atomic E-state index is 9.14. The molecule has 1 aliphatic rings. The Kier molecular flexibility index (Phi) is 3.92. The Labute approximate surface area is 95.1 Å². The highest BCUT2D eigenvalue weighted by molar-refractivity contribution is 7.98. The van der Waals surface area contributed by atoms with Gasteiger partial charge < -0.3 is 10.4 Å². The maximum Gasteiger partial charge on any atom is 0.115 e. The van der Waals surface area contributed by atoms with Crippen molar-refractivity contribution >= 4 is 11.8 Å². The maximum absolute atomic E-state index is 9.14. The van der Waals surface area contributed by atoms with Crippen LogP contribution in [0.15, 0.2) is 24.3 Å². The Morgan fingerprint density at radius 1 is 1.33 bits per heavy atom. The Hall–Kier alpha value is -0.670. The van der Waals surface area contributed by atoms with E-state index in [0.717, 1.165) is 11.7 Å². The molecule has 1 unspecified atom stereocenters. The zero-order chi connectivity index (χ0) is 10.5. The molecule has 2 rings (SSSR count). The van der Waals surface area contributed by atoms with Crippen molar-refractivity contribution in [1.82, 2.24) is 5.32 Å². The molecule has 1 fully saturated rings. The molecule has 2 N–H and O–H groups in total. The third kappa shape index (κ3) is 3.43. The van der Waals surface area contributed by atoms with Crippen molar-refractivity contribution < 1.29 is 5.11 Å². The van der Waals surface area contributed by atoms with E-state index in [-0.39, 0.29) is 0 Å². The first-order chi connectivity index (χ1) is 7.34. The van der Waals surface area contributed by atoms with Crippen LogP contribution in [0.2, 0.25) is 0 Å². The highest BCUT2D eigenvalue weighted by Gasteiger charge is 2.13. The minimum Gasteiger partial charge on any atom is -0.508 e. The number of hydrogen-bond donors (Lipinski definition) is 2. The Morgan fingerprint density at radius 3 is 2.80 bits per heavy atom. The molecule has 0 bridgehead atoms. The summed E-state index contributed by atoms with van der Waals surface area (Å²) in [7, 11) is 0. The Balaban J connectivity index is 1.71. The molecule has 1 saturated heterocycles. The average Bonchev–Trinajstić information content (AvgIpc) is 2.74. The summed E-state index contributed by atoms with van der Waals surface area (Å²) < 4.78 is 0. The molecule has 0 radical (unpaired) electrons. The van der Waals surface area contributed by atoms with Crippen LogP contribution in [0.5, 0.6) is 5.75 Å². The summed E-state index contributed by atoms with van der Waals surface area (Å²) in [5.74, 6) is 3.50. The second kappa shape index (κ2) is 5.42. The average molecular weight is 223 g/mol. The number of thioether (sulfide) groups is 1. The summed E-state index contributed by atoms with van der Waals surface area (Å²) in [6.45, 7) is 2.37. The quantitative estimate of drug-likeness (QED) is 0.821. The van der Waals surface area contributed by atoms with Crippen molar-refractivity contribution in [3.8, 4) is 5.75 Å². The van der Waals surface area contributed by atoms with Gasteiger partial charge in [-0.1, -0.05) is 12.1 Å². The van der Waals surface area contributed by atoms with Crippen LogP contribution in [0.1, 0.15) is 12.0 Å². The van der Waals surface area contributed by atoms with Crippen molar-refractivity contribution in [2.75, 3.05) is 18.8 Å². The number of aromatic hydroxyl groups is 1. The predicted molar refractivity (Wildman–Crippen MR) is 65.2 cm³/mol. The van der Waals surface area contributed by atoms with Gasteiger partial charge in [-0.25, -0.2) is 0 Å². The van der Waals surface area contributed by atoms with E-state index in [0.29, 0.717) is 5.75 Å². The second-order valence-corrected chi connectivity index (χ2v) is 5.07. The van der Waals surface area contributed by atoms with Gasteiger partial charge in [-0.3, -0.25) is 0 Å². The molecule has 1 aromatic rings. The van der Waals surface area contributed by atoms with Crippen molar-refractivity contribution in [3.05, 3.63) is 29.8 Å². The van der Waals surface area contributed by atoms with Gasteiger partial charge in [0.05, 0.1) is 0 Å². The summed E-state index contributed by atoms with van der Waals surface area (Å²) in [4.78, 5) is 0. The van der Waals surface area contributed by atoms with Crippen molar-refractivity contribution in [1.29, 1.82) is 0 Å². The lowest BCUT2D eigenvalue weighted by Crippen LogP contribution is -2.10. The molecule has 0 saturated carbocycles. The highest BCUT2D eigenvalue weighted by Crippen LogP contribution is 2.20. The number of phenols is 1. The molecule has 0 spiro atoms. The van der Waals surface area contributed by atoms with Gasteiger partial charge in [-0.2, -0.15) is 11.8 Å². The Bertz CT molecular complexity index is 293. The summed E-state index contributed by atoms with van der Waals surface area (Å²) >= 11 is 1.99. The van der Waals surface area contributed by atoms with Crippen molar-refractivity contribution in [2.45, 2.75) is 12.2 Å². The van der Waals surface area contributed by atoms with Gasteiger partial charge in [0.15, 0.2) is 0 Å². The van der Waals surface area contributed by atoms with E-state index in [4.69, 9.17) is 5.11 Å². The zero-order valence-corrected chi connectivity index (χ0v) is 9.59. The predicted octanol–water partition coefficient (Wildman–Crippen LogP) is 2.23. The van der Waals surface area contributed by atoms with E-state index >= 15 is 0 Å². The molecule has 1 aromatic carbocycles. The van der Waals surface area contributed by atoms with E-state index in [1.807, 2.05) is 23.9 Å². The SMILES string of the molecule is Oc1ccc(CSCC2CCNC2)cc1. The van der Waals surface area contributed by atoms with Crippen LogP contribution in [0.4, 0.5) is 0 Å². The molecule has 2 nitrogen and oxygen atoms in total. The first-order valence-electron chi connectivity index (χ1n) is 5.41. The van der Waals surface area contributed by atoms with E-state index in [1.165, 1.54) is 30.8 Å². The van der Waals surface area contributed by atoms with Gasteiger partial charge in [0.25, 0.3) is 0 Å². The van der Waals surface area contributed by atoms with Gasteiger partial charge in [-0.05, 0) is 48.9 Å². The van der Waals surface area contributed by atoms with Crippen LogP contribution in [-0.4, -0.2) is 23.9 Å². The molecular formula is C12H17NOS. The summed E-state index contributed by atoms with van der Waals surface area (Å²) in [6.07, 6.45) is 1.32. The minimum atomic E-state index is 0.351. The lowest BCUT2D eigenvalue weighted by atomic mass is 10.2. The fourth-order valence-electron chi connectivity index (χ4n) is 1.79. The lowest BCUT2D eigenvalue weighted by Gasteiger charge is -2.07. The second-order valence-electron chi connectivity index (χ2n) is 4.04. The summed E-state index contributed by atoms with van der Waals surface area (Å²) in [6, 6.07) is 7.50. The van der Waals surface area contributed by atoms with Crippen LogP contribution in [0.25, 0.3) is 0 Å². The first-order valence-corrected chi connectivity index (χ1v) is 6.56.